The third kappa shape index (κ3) is 2.96. The second-order valence-corrected chi connectivity index (χ2v) is 6.56. The summed E-state index contributed by atoms with van der Waals surface area (Å²) in [5, 5.41) is 8.45. The lowest BCUT2D eigenvalue weighted by Gasteiger charge is -2.17. The Morgan fingerprint density at radius 1 is 1.35 bits per heavy atom. The van der Waals surface area contributed by atoms with E-state index in [1.54, 1.807) is 7.11 Å². The number of fused-ring (bicyclic) bond motifs is 1. The van der Waals surface area contributed by atoms with Crippen LogP contribution in [0.15, 0.2) is 22.6 Å². The van der Waals surface area contributed by atoms with Crippen LogP contribution in [0.2, 0.25) is 0 Å². The molecule has 6 heteroatoms. The number of amides is 1. The summed E-state index contributed by atoms with van der Waals surface area (Å²) in [5.41, 5.74) is 4.55. The van der Waals surface area contributed by atoms with Gasteiger partial charge in [0.15, 0.2) is 5.76 Å². The van der Waals surface area contributed by atoms with Gasteiger partial charge in [-0.25, -0.2) is 0 Å². The van der Waals surface area contributed by atoms with Gasteiger partial charge in [-0.2, -0.15) is 5.10 Å². The van der Waals surface area contributed by atoms with Gasteiger partial charge in [0, 0.05) is 29.3 Å². The molecule has 1 aromatic carbocycles. The molecule has 0 saturated carbocycles. The largest absolute Gasteiger partial charge is 0.497 e. The molecule has 1 amide bonds. The SMILES string of the molecule is CCC(NC(=O)c1oc2ccc(OC)cc2c1C)c1c(C)nn(C)c1C. The van der Waals surface area contributed by atoms with Gasteiger partial charge in [-0.05, 0) is 45.4 Å². The zero-order chi connectivity index (χ0) is 19.0. The molecule has 2 heterocycles. The summed E-state index contributed by atoms with van der Waals surface area (Å²) in [6, 6.07) is 5.42. The molecule has 3 rings (SSSR count). The molecule has 26 heavy (non-hydrogen) atoms. The Morgan fingerprint density at radius 2 is 2.08 bits per heavy atom. The second-order valence-electron chi connectivity index (χ2n) is 6.56. The summed E-state index contributed by atoms with van der Waals surface area (Å²) in [5.74, 6) is 0.861. The molecule has 0 fully saturated rings. The number of aryl methyl sites for hydroxylation is 3. The molecule has 0 radical (unpaired) electrons. The Balaban J connectivity index is 1.94. The van der Waals surface area contributed by atoms with Crippen molar-refractivity contribution < 1.29 is 13.9 Å². The minimum absolute atomic E-state index is 0.113. The highest BCUT2D eigenvalue weighted by Gasteiger charge is 2.24. The van der Waals surface area contributed by atoms with Crippen LogP contribution in [-0.2, 0) is 7.05 Å². The number of benzene rings is 1. The number of nitrogens with zero attached hydrogens (tertiary/aromatic N) is 2. The van der Waals surface area contributed by atoms with Crippen molar-refractivity contribution in [3.63, 3.8) is 0 Å². The fourth-order valence-corrected chi connectivity index (χ4v) is 3.44. The average Bonchev–Trinajstić information content (AvgIpc) is 3.09. The lowest BCUT2D eigenvalue weighted by Crippen LogP contribution is -2.29. The lowest BCUT2D eigenvalue weighted by molar-refractivity contribution is 0.0908. The molecule has 1 N–H and O–H groups in total. The number of carbonyl (C=O) groups excluding carboxylic acids is 1. The summed E-state index contributed by atoms with van der Waals surface area (Å²) in [4.78, 5) is 12.9. The van der Waals surface area contributed by atoms with Crippen molar-refractivity contribution in [2.75, 3.05) is 7.11 Å². The van der Waals surface area contributed by atoms with Gasteiger partial charge in [-0.1, -0.05) is 6.92 Å². The number of nitrogens with one attached hydrogen (secondary N) is 1. The first-order chi connectivity index (χ1) is 12.4. The molecular formula is C20H25N3O3. The molecule has 6 nitrogen and oxygen atoms in total. The molecule has 3 aromatic rings. The van der Waals surface area contributed by atoms with Crippen LogP contribution in [0, 0.1) is 20.8 Å². The van der Waals surface area contributed by atoms with Crippen LogP contribution in [0.3, 0.4) is 0 Å². The van der Waals surface area contributed by atoms with Crippen molar-refractivity contribution in [3.05, 3.63) is 46.5 Å². The number of methoxy groups -OCH3 is 1. The predicted molar refractivity (Wildman–Crippen MR) is 101 cm³/mol. The van der Waals surface area contributed by atoms with Crippen LogP contribution >= 0.6 is 0 Å². The quantitative estimate of drug-likeness (QED) is 0.751. The Bertz CT molecular complexity index is 968. The smallest absolute Gasteiger partial charge is 0.287 e. The normalized spacial score (nSPS) is 12.4. The number of aromatic nitrogens is 2. The number of ether oxygens (including phenoxy) is 1. The number of hydrogen-bond donors (Lipinski definition) is 1. The highest BCUT2D eigenvalue weighted by molar-refractivity contribution is 5.99. The number of carbonyl (C=O) groups is 1. The van der Waals surface area contributed by atoms with E-state index in [0.717, 1.165) is 40.1 Å². The van der Waals surface area contributed by atoms with Crippen molar-refractivity contribution >= 4 is 16.9 Å². The van der Waals surface area contributed by atoms with E-state index in [0.29, 0.717) is 11.3 Å². The first-order valence-electron chi connectivity index (χ1n) is 8.75. The molecule has 0 spiro atoms. The monoisotopic (exact) mass is 355 g/mol. The molecule has 0 aliphatic rings. The molecule has 2 aromatic heterocycles. The average molecular weight is 355 g/mol. The van der Waals surface area contributed by atoms with E-state index in [2.05, 4.69) is 10.4 Å². The first kappa shape index (κ1) is 18.0. The highest BCUT2D eigenvalue weighted by Crippen LogP contribution is 2.30. The summed E-state index contributed by atoms with van der Waals surface area (Å²) in [6.07, 6.45) is 0.770. The van der Waals surface area contributed by atoms with Gasteiger partial charge in [-0.15, -0.1) is 0 Å². The van der Waals surface area contributed by atoms with Crippen molar-refractivity contribution in [2.45, 2.75) is 40.2 Å². The van der Waals surface area contributed by atoms with Crippen LogP contribution < -0.4 is 10.1 Å². The van der Waals surface area contributed by atoms with Gasteiger partial charge < -0.3 is 14.5 Å². The minimum atomic E-state index is -0.216. The second kappa shape index (κ2) is 6.86. The molecule has 0 saturated heterocycles. The Hall–Kier alpha value is -2.76. The number of rotatable bonds is 5. The van der Waals surface area contributed by atoms with E-state index < -0.39 is 0 Å². The Labute approximate surface area is 153 Å². The van der Waals surface area contributed by atoms with Gasteiger partial charge in [0.2, 0.25) is 0 Å². The van der Waals surface area contributed by atoms with Crippen LogP contribution in [-0.4, -0.2) is 22.8 Å². The first-order valence-corrected chi connectivity index (χ1v) is 8.75. The van der Waals surface area contributed by atoms with Gasteiger partial charge in [0.1, 0.15) is 11.3 Å². The standard InChI is InChI=1S/C20H25N3O3/c1-7-16(18-12(3)22-23(5)13(18)4)21-20(24)19-11(2)15-10-14(25-6)8-9-17(15)26-19/h8-10,16H,7H2,1-6H3,(H,21,24). The van der Waals surface area contributed by atoms with Gasteiger partial charge in [0.05, 0.1) is 18.8 Å². The molecule has 0 aliphatic carbocycles. The molecule has 1 unspecified atom stereocenters. The molecule has 0 bridgehead atoms. The third-order valence-electron chi connectivity index (χ3n) is 4.98. The molecular weight excluding hydrogens is 330 g/mol. The van der Waals surface area contributed by atoms with E-state index in [1.807, 2.05) is 57.6 Å². The van der Waals surface area contributed by atoms with Crippen LogP contribution in [0.5, 0.6) is 5.75 Å². The van der Waals surface area contributed by atoms with E-state index in [1.165, 1.54) is 0 Å². The van der Waals surface area contributed by atoms with Gasteiger partial charge >= 0.3 is 0 Å². The highest BCUT2D eigenvalue weighted by atomic mass is 16.5. The van der Waals surface area contributed by atoms with Gasteiger partial charge in [-0.3, -0.25) is 9.48 Å². The topological polar surface area (TPSA) is 69.3 Å². The van der Waals surface area contributed by atoms with E-state index in [4.69, 9.17) is 9.15 Å². The Kier molecular flexibility index (Phi) is 4.76. The summed E-state index contributed by atoms with van der Waals surface area (Å²) >= 11 is 0. The van der Waals surface area contributed by atoms with Gasteiger partial charge in [0.25, 0.3) is 5.91 Å². The predicted octanol–water partition coefficient (Wildman–Crippen LogP) is 3.98. The molecule has 1 atom stereocenters. The van der Waals surface area contributed by atoms with Crippen molar-refractivity contribution in [3.8, 4) is 5.75 Å². The van der Waals surface area contributed by atoms with Crippen molar-refractivity contribution in [1.82, 2.24) is 15.1 Å². The maximum atomic E-state index is 12.9. The molecule has 138 valence electrons. The summed E-state index contributed by atoms with van der Waals surface area (Å²) < 4.78 is 12.9. The van der Waals surface area contributed by atoms with E-state index in [-0.39, 0.29) is 11.9 Å². The van der Waals surface area contributed by atoms with Crippen LogP contribution in [0.4, 0.5) is 0 Å². The fraction of sp³-hybridized carbons (Fsp3) is 0.400. The maximum absolute atomic E-state index is 12.9. The minimum Gasteiger partial charge on any atom is -0.497 e. The van der Waals surface area contributed by atoms with E-state index in [9.17, 15) is 4.79 Å². The summed E-state index contributed by atoms with van der Waals surface area (Å²) in [7, 11) is 3.53. The zero-order valence-electron chi connectivity index (χ0n) is 16.1. The number of furan rings is 1. The molecule has 0 aliphatic heterocycles. The van der Waals surface area contributed by atoms with Crippen LogP contribution in [0.1, 0.15) is 52.5 Å². The summed E-state index contributed by atoms with van der Waals surface area (Å²) in [6.45, 7) is 7.92. The Morgan fingerprint density at radius 3 is 2.65 bits per heavy atom. The number of hydrogen-bond acceptors (Lipinski definition) is 4. The maximum Gasteiger partial charge on any atom is 0.287 e. The van der Waals surface area contributed by atoms with Crippen molar-refractivity contribution in [1.29, 1.82) is 0 Å². The van der Waals surface area contributed by atoms with Crippen LogP contribution in [0.25, 0.3) is 11.0 Å². The lowest BCUT2D eigenvalue weighted by atomic mass is 10.0. The fourth-order valence-electron chi connectivity index (χ4n) is 3.44. The van der Waals surface area contributed by atoms with E-state index >= 15 is 0 Å². The third-order valence-corrected chi connectivity index (χ3v) is 4.98. The zero-order valence-corrected chi connectivity index (χ0v) is 16.1. The van der Waals surface area contributed by atoms with Crippen molar-refractivity contribution in [2.24, 2.45) is 7.05 Å².